The molecule has 0 amide bonds. The molecular weight excluding hydrogens is 171 g/mol. The molecule has 0 aromatic heterocycles. The van der Waals surface area contributed by atoms with Crippen molar-refractivity contribution >= 4 is 0 Å². The molecule has 53 valence electrons. The summed E-state index contributed by atoms with van der Waals surface area (Å²) in [6.45, 7) is 9.00. The topological polar surface area (TPSA) is 39.8 Å². The van der Waals surface area contributed by atoms with Gasteiger partial charge in [0, 0.05) is 17.1 Å². The van der Waals surface area contributed by atoms with E-state index in [1.807, 2.05) is 30.3 Å². The summed E-state index contributed by atoms with van der Waals surface area (Å²) in [7, 11) is 0. The van der Waals surface area contributed by atoms with E-state index in [1.165, 1.54) is 0 Å². The van der Waals surface area contributed by atoms with Crippen LogP contribution in [-0.2, 0) is 26.4 Å². The molecule has 10 heavy (non-hydrogen) atoms. The Morgan fingerprint density at radius 2 is 1.20 bits per heavy atom. The molecule has 0 fully saturated rings. The smallest absolute Gasteiger partial charge is 0 e. The zero-order valence-corrected chi connectivity index (χ0v) is 6.26. The van der Waals surface area contributed by atoms with Crippen LogP contribution in [0.15, 0.2) is 30.3 Å². The molecule has 1 aromatic rings. The molecule has 0 saturated carbocycles. The minimum Gasteiger partial charge on any atom is -0.214 e. The van der Waals surface area contributed by atoms with Crippen molar-refractivity contribution in [1.82, 2.24) is 0 Å². The fourth-order valence-electron chi connectivity index (χ4n) is 0.321. The SMILES string of the molecule is [C-]#[O+].[C-]#[O+].[Mn].c1cc[cH-]c1. The standard InChI is InChI=1S/C5H5.2CO.Mn/c1-2-4-5-3-1;2*1-2;/h1-5H;;;/q-1;;;. The predicted molar refractivity (Wildman–Crippen MR) is 29.9 cm³/mol. The first-order valence-corrected chi connectivity index (χ1v) is 2.07. The van der Waals surface area contributed by atoms with Crippen LogP contribution in [-0.4, -0.2) is 0 Å². The molecule has 0 aliphatic heterocycles. The van der Waals surface area contributed by atoms with Crippen LogP contribution in [0.25, 0.3) is 0 Å². The van der Waals surface area contributed by atoms with Gasteiger partial charge in [0.15, 0.2) is 0 Å². The van der Waals surface area contributed by atoms with Crippen molar-refractivity contribution < 1.29 is 26.4 Å². The number of hydrogen-bond donors (Lipinski definition) is 0. The van der Waals surface area contributed by atoms with Crippen LogP contribution in [0.3, 0.4) is 0 Å². The van der Waals surface area contributed by atoms with Crippen LogP contribution in [0.1, 0.15) is 0 Å². The fourth-order valence-corrected chi connectivity index (χ4v) is 0.321. The first kappa shape index (κ1) is 16.2. The van der Waals surface area contributed by atoms with E-state index in [4.69, 9.17) is 9.30 Å². The summed E-state index contributed by atoms with van der Waals surface area (Å²) in [5.41, 5.74) is 0. The Kier molecular flexibility index (Phi) is 38.5. The first-order chi connectivity index (χ1) is 4.50. The third-order valence-electron chi connectivity index (χ3n) is 0.556. The largest absolute Gasteiger partial charge is 0.214 e. The Labute approximate surface area is 70.5 Å². The van der Waals surface area contributed by atoms with Crippen molar-refractivity contribution in [2.45, 2.75) is 0 Å². The maximum absolute atomic E-state index is 7.50. The molecule has 1 radical (unpaired) electrons. The zero-order chi connectivity index (χ0) is 7.54. The second-order valence-corrected chi connectivity index (χ2v) is 0.962. The Bertz CT molecular complexity index is 118. The summed E-state index contributed by atoms with van der Waals surface area (Å²) in [5, 5.41) is 0. The van der Waals surface area contributed by atoms with Gasteiger partial charge in [0.05, 0.1) is 0 Å². The van der Waals surface area contributed by atoms with Crippen molar-refractivity contribution in [1.29, 1.82) is 0 Å². The molecule has 1 aromatic carbocycles. The summed E-state index contributed by atoms with van der Waals surface area (Å²) in [4.78, 5) is 0. The maximum Gasteiger partial charge on any atom is 0 e. The molecule has 0 saturated heterocycles. The summed E-state index contributed by atoms with van der Waals surface area (Å²) in [5.74, 6) is 0. The van der Waals surface area contributed by atoms with Crippen molar-refractivity contribution in [2.75, 3.05) is 0 Å². The van der Waals surface area contributed by atoms with E-state index in [9.17, 15) is 0 Å². The van der Waals surface area contributed by atoms with Crippen LogP contribution in [0.2, 0.25) is 0 Å². The molecule has 2 nitrogen and oxygen atoms in total. The fraction of sp³-hybridized carbons (Fsp3) is 0. The predicted octanol–water partition coefficient (Wildman–Crippen LogP) is 1.33. The van der Waals surface area contributed by atoms with E-state index in [0.717, 1.165) is 0 Å². The van der Waals surface area contributed by atoms with Gasteiger partial charge in [-0.1, -0.05) is 0 Å². The van der Waals surface area contributed by atoms with E-state index >= 15 is 0 Å². The molecule has 0 N–H and O–H groups in total. The van der Waals surface area contributed by atoms with Crippen molar-refractivity contribution in [2.24, 2.45) is 0 Å². The Hall–Kier alpha value is -0.651. The second kappa shape index (κ2) is 23.8. The van der Waals surface area contributed by atoms with Crippen LogP contribution in [0.5, 0.6) is 0 Å². The van der Waals surface area contributed by atoms with Gasteiger partial charge in [0.2, 0.25) is 0 Å². The van der Waals surface area contributed by atoms with Gasteiger partial charge in [-0.3, -0.25) is 0 Å². The summed E-state index contributed by atoms with van der Waals surface area (Å²) in [6, 6.07) is 10.0. The molecule has 0 bridgehead atoms. The number of hydrogen-bond acceptors (Lipinski definition) is 0. The summed E-state index contributed by atoms with van der Waals surface area (Å²) < 4.78 is 15.0. The molecule has 3 heteroatoms. The third-order valence-corrected chi connectivity index (χ3v) is 0.556. The average molecular weight is 176 g/mol. The molecule has 0 spiro atoms. The van der Waals surface area contributed by atoms with Gasteiger partial charge < -0.3 is 0 Å². The average Bonchev–Trinajstić information content (AvgIpc) is 2.51. The van der Waals surface area contributed by atoms with Crippen LogP contribution in [0.4, 0.5) is 0 Å². The van der Waals surface area contributed by atoms with Crippen LogP contribution in [0, 0.1) is 13.3 Å². The first-order valence-electron chi connectivity index (χ1n) is 2.07. The molecule has 0 aliphatic carbocycles. The van der Waals surface area contributed by atoms with Crippen molar-refractivity contribution in [3.8, 4) is 0 Å². The van der Waals surface area contributed by atoms with Gasteiger partial charge in [-0.15, -0.1) is 0 Å². The van der Waals surface area contributed by atoms with E-state index in [-0.39, 0.29) is 17.1 Å². The molecule has 1 rings (SSSR count). The van der Waals surface area contributed by atoms with E-state index in [1.54, 1.807) is 0 Å². The van der Waals surface area contributed by atoms with Gasteiger partial charge in [-0.2, -0.15) is 18.2 Å². The molecule has 0 aliphatic rings. The zero-order valence-electron chi connectivity index (χ0n) is 5.08. The van der Waals surface area contributed by atoms with Crippen LogP contribution >= 0.6 is 0 Å². The molecule has 0 heterocycles. The summed E-state index contributed by atoms with van der Waals surface area (Å²) >= 11 is 0. The monoisotopic (exact) mass is 176 g/mol. The minimum atomic E-state index is 0. The van der Waals surface area contributed by atoms with Gasteiger partial charge >= 0.3 is 22.6 Å². The van der Waals surface area contributed by atoms with E-state index in [2.05, 4.69) is 13.3 Å². The molecular formula is C7H5MnO2-. The Balaban J connectivity index is -0.0000000875. The van der Waals surface area contributed by atoms with Crippen LogP contribution < -0.4 is 0 Å². The van der Waals surface area contributed by atoms with E-state index in [0.29, 0.717) is 0 Å². The van der Waals surface area contributed by atoms with Crippen molar-refractivity contribution in [3.63, 3.8) is 0 Å². The maximum atomic E-state index is 7.50. The van der Waals surface area contributed by atoms with Gasteiger partial charge in [-0.05, 0) is 0 Å². The normalized spacial score (nSPS) is 4.40. The van der Waals surface area contributed by atoms with Crippen molar-refractivity contribution in [3.05, 3.63) is 43.6 Å². The van der Waals surface area contributed by atoms with E-state index < -0.39 is 0 Å². The third kappa shape index (κ3) is 15.7. The number of rotatable bonds is 0. The second-order valence-electron chi connectivity index (χ2n) is 0.962. The van der Waals surface area contributed by atoms with Gasteiger partial charge in [0.1, 0.15) is 0 Å². The summed E-state index contributed by atoms with van der Waals surface area (Å²) in [6.07, 6.45) is 0. The Morgan fingerprint density at radius 1 is 0.900 bits per heavy atom. The quantitative estimate of drug-likeness (QED) is 0.325. The van der Waals surface area contributed by atoms with Gasteiger partial charge in [0.25, 0.3) is 0 Å². The Morgan fingerprint density at radius 3 is 1.30 bits per heavy atom. The molecule has 0 unspecified atom stereocenters. The minimum absolute atomic E-state index is 0. The molecule has 0 atom stereocenters. The van der Waals surface area contributed by atoms with Gasteiger partial charge in [-0.25, -0.2) is 12.1 Å².